The molecule has 6 heterocycles. The summed E-state index contributed by atoms with van der Waals surface area (Å²) in [5.41, 5.74) is 4.56. The van der Waals surface area contributed by atoms with Crippen LogP contribution in [0.4, 0.5) is 17.1 Å². The number of amides is 1. The number of carbonyl (C=O) groups is 1. The second-order valence-electron chi connectivity index (χ2n) is 20.3. The van der Waals surface area contributed by atoms with Gasteiger partial charge < -0.3 is 29.9 Å². The Morgan fingerprint density at radius 2 is 1.73 bits per heavy atom. The highest BCUT2D eigenvalue weighted by Gasteiger charge is 2.35. The molecule has 6 aromatic rings. The first-order valence-corrected chi connectivity index (χ1v) is 25.6. The fourth-order valence-corrected chi connectivity index (χ4v) is 11.5. The molecule has 4 N–H and O–H groups in total. The summed E-state index contributed by atoms with van der Waals surface area (Å²) in [6, 6.07) is 18.6. The molecule has 18 nitrogen and oxygen atoms in total. The number of nitrogens with one attached hydrogen (secondary N) is 3. The number of hydrogen-bond acceptors (Lipinski definition) is 13. The molecule has 0 radical (unpaired) electrons. The monoisotopic (exact) mass is 992 g/mol. The van der Waals surface area contributed by atoms with E-state index in [0.29, 0.717) is 61.8 Å². The zero-order chi connectivity index (χ0) is 49.3. The number of hydrogen-bond donors (Lipinski definition) is 4. The molecule has 0 unspecified atom stereocenters. The van der Waals surface area contributed by atoms with Gasteiger partial charge in [0, 0.05) is 93.8 Å². The van der Waals surface area contributed by atoms with Crippen LogP contribution in [-0.2, 0) is 17.1 Å². The number of ether oxygens (including phenoxy) is 1. The Morgan fingerprint density at radius 1 is 0.986 bits per heavy atom. The van der Waals surface area contributed by atoms with Crippen molar-refractivity contribution < 1.29 is 28.0 Å². The van der Waals surface area contributed by atoms with Gasteiger partial charge in [-0.15, -0.1) is 0 Å². The zero-order valence-electron chi connectivity index (χ0n) is 39.6. The molecule has 0 saturated carbocycles. The second kappa shape index (κ2) is 18.2. The van der Waals surface area contributed by atoms with Gasteiger partial charge in [0.2, 0.25) is 0 Å². The number of halogens is 1. The Labute approximate surface area is 410 Å². The molecule has 1 aliphatic carbocycles. The number of anilines is 2. The summed E-state index contributed by atoms with van der Waals surface area (Å²) in [5, 5.41) is 27.5. The van der Waals surface area contributed by atoms with Crippen molar-refractivity contribution in [3.63, 3.8) is 0 Å². The number of aliphatic hydroxyl groups is 1. The number of nitrogens with zero attached hydrogens (tertiary/aromatic N) is 7. The van der Waals surface area contributed by atoms with Gasteiger partial charge in [0.25, 0.3) is 27.2 Å². The van der Waals surface area contributed by atoms with Crippen LogP contribution < -0.4 is 25.2 Å². The number of nitro benzene ring substituents is 1. The van der Waals surface area contributed by atoms with E-state index in [9.17, 15) is 33.2 Å². The third-order valence-corrected chi connectivity index (χ3v) is 16.1. The van der Waals surface area contributed by atoms with E-state index in [-0.39, 0.29) is 46.3 Å². The molecule has 20 heteroatoms. The molecule has 3 aliphatic heterocycles. The summed E-state index contributed by atoms with van der Waals surface area (Å²) in [7, 11) is -3.20. The Hall–Kier alpha value is -6.25. The van der Waals surface area contributed by atoms with E-state index >= 15 is 0 Å². The predicted molar refractivity (Wildman–Crippen MR) is 270 cm³/mol. The van der Waals surface area contributed by atoms with Crippen LogP contribution in [0.1, 0.15) is 68.8 Å². The Balaban J connectivity index is 0.934. The van der Waals surface area contributed by atoms with E-state index in [1.807, 2.05) is 18.2 Å². The number of likely N-dealkylation sites (tertiary alicyclic amines) is 1. The number of allylic oxidation sites excluding steroid dienone is 1. The van der Waals surface area contributed by atoms with E-state index in [1.165, 1.54) is 27.5 Å². The summed E-state index contributed by atoms with van der Waals surface area (Å²) >= 11 is 6.27. The van der Waals surface area contributed by atoms with E-state index < -0.39 is 42.6 Å². The van der Waals surface area contributed by atoms with Crippen molar-refractivity contribution in [1.29, 1.82) is 0 Å². The summed E-state index contributed by atoms with van der Waals surface area (Å²) in [6.07, 6.45) is 6.01. The van der Waals surface area contributed by atoms with Crippen LogP contribution in [0, 0.1) is 15.5 Å². The average Bonchev–Trinajstić information content (AvgIpc) is 3.89. The van der Waals surface area contributed by atoms with Crippen molar-refractivity contribution in [2.45, 2.75) is 69.4 Å². The Kier molecular flexibility index (Phi) is 12.3. The maximum absolute atomic E-state index is 14.5. The number of fused-ring (bicyclic) bond motifs is 3. The third kappa shape index (κ3) is 9.39. The van der Waals surface area contributed by atoms with Crippen molar-refractivity contribution in [2.75, 3.05) is 69.2 Å². The van der Waals surface area contributed by atoms with E-state index in [1.54, 1.807) is 49.1 Å². The minimum absolute atomic E-state index is 0.0382. The van der Waals surface area contributed by atoms with Crippen LogP contribution in [0.15, 0.2) is 88.2 Å². The van der Waals surface area contributed by atoms with Gasteiger partial charge in [-0.05, 0) is 98.0 Å². The van der Waals surface area contributed by atoms with E-state index in [0.717, 1.165) is 56.0 Å². The fraction of sp³-hybridized carbons (Fsp3) is 0.420. The average molecular weight is 994 g/mol. The highest BCUT2D eigenvalue weighted by atomic mass is 35.5. The van der Waals surface area contributed by atoms with Crippen molar-refractivity contribution >= 4 is 72.2 Å². The van der Waals surface area contributed by atoms with Gasteiger partial charge in [-0.25, -0.2) is 27.5 Å². The molecular weight excluding hydrogens is 936 g/mol. The largest absolute Gasteiger partial charge is 0.489 e. The number of piperazine rings is 1. The fourth-order valence-electron chi connectivity index (χ4n) is 10.4. The van der Waals surface area contributed by atoms with Gasteiger partial charge in [-0.3, -0.25) is 24.6 Å². The first-order chi connectivity index (χ1) is 33.3. The van der Waals surface area contributed by atoms with Crippen molar-refractivity contribution in [1.82, 2.24) is 33.9 Å². The smallest absolute Gasteiger partial charge is 0.297 e. The molecule has 2 saturated heterocycles. The van der Waals surface area contributed by atoms with Crippen LogP contribution in [0.5, 0.6) is 5.75 Å². The third-order valence-electron chi connectivity index (χ3n) is 14.5. The van der Waals surface area contributed by atoms with Gasteiger partial charge >= 0.3 is 0 Å². The maximum atomic E-state index is 14.5. The number of rotatable bonds is 11. The zero-order valence-corrected chi connectivity index (χ0v) is 41.2. The summed E-state index contributed by atoms with van der Waals surface area (Å²) < 4.78 is 39.4. The number of sulfonamides is 1. The number of benzene rings is 3. The first-order valence-electron chi connectivity index (χ1n) is 23.7. The highest BCUT2D eigenvalue weighted by Crippen LogP contribution is 2.44. The van der Waals surface area contributed by atoms with Crippen LogP contribution >= 0.6 is 11.6 Å². The van der Waals surface area contributed by atoms with Crippen LogP contribution in [-0.4, -0.2) is 124 Å². The standard InChI is InChI=1S/C50H57ClN10O8S/c1-49(2)13-11-33(39(27-49)31-5-7-34(51)8-6-31)28-58-19-21-59(22-20-58)36-9-10-38(40(24-36)60-41-23-32-12-16-52-46(32)54-45(41)48(63)56(60)4)47(62)55-70(67,68)37-25-42(61(65)66)44-43(26-37)69-30-35(53-44)29-57-17-14-50(3,64)15-18-57/h5-10,12,16,23-26,35,53,64H,11,13-15,17-22,27-30H2,1-4H3,(H,52,54)(H,55,62)/t35-/m1/s1. The van der Waals surface area contributed by atoms with Crippen molar-refractivity contribution in [3.05, 3.63) is 115 Å². The number of aromatic nitrogens is 4. The molecule has 3 aromatic carbocycles. The summed E-state index contributed by atoms with van der Waals surface area (Å²) in [5.74, 6) is -1.06. The lowest BCUT2D eigenvalue weighted by Crippen LogP contribution is -2.48. The molecule has 1 atom stereocenters. The second-order valence-corrected chi connectivity index (χ2v) is 22.4. The van der Waals surface area contributed by atoms with Gasteiger partial charge in [0.05, 0.1) is 38.2 Å². The Morgan fingerprint density at radius 3 is 2.46 bits per heavy atom. The number of H-pyrrole nitrogens is 1. The van der Waals surface area contributed by atoms with Gasteiger partial charge in [0.15, 0.2) is 17.0 Å². The maximum Gasteiger partial charge on any atom is 0.297 e. The summed E-state index contributed by atoms with van der Waals surface area (Å²) in [4.78, 5) is 54.1. The minimum Gasteiger partial charge on any atom is -0.489 e. The number of aromatic amines is 1. The molecule has 70 heavy (non-hydrogen) atoms. The molecule has 0 bridgehead atoms. The molecule has 3 aromatic heterocycles. The number of piperidine rings is 1. The molecule has 368 valence electrons. The van der Waals surface area contributed by atoms with Crippen LogP contribution in [0.2, 0.25) is 5.02 Å². The SMILES string of the molecule is Cn1c(=O)c2nc3[nH]ccc3cc2n1-c1cc(N2CCN(CC3=C(c4ccc(Cl)cc4)CC(C)(C)CC3)CC2)ccc1C(=O)NS(=O)(=O)c1cc2c(c([N+](=O)[O-])c1)N[C@H](CN1CCC(C)(O)CC1)CO2. The Bertz CT molecular complexity index is 3250. The molecule has 4 aliphatic rings. The molecule has 10 rings (SSSR count). The van der Waals surface area contributed by atoms with E-state index in [2.05, 4.69) is 60.7 Å². The number of nitro groups is 1. The first kappa shape index (κ1) is 47.4. The lowest BCUT2D eigenvalue weighted by Gasteiger charge is -2.39. The topological polar surface area (TPSA) is 213 Å². The predicted octanol–water partition coefficient (Wildman–Crippen LogP) is 6.69. The normalized spacial score (nSPS) is 19.7. The number of pyridine rings is 1. The molecule has 0 spiro atoms. The number of carbonyl (C=O) groups excluding carboxylic acids is 1. The molecule has 1 amide bonds. The lowest BCUT2D eigenvalue weighted by atomic mass is 9.72. The minimum atomic E-state index is -4.75. The van der Waals surface area contributed by atoms with Crippen LogP contribution in [0.3, 0.4) is 0 Å². The van der Waals surface area contributed by atoms with Gasteiger partial charge in [-0.2, -0.15) is 0 Å². The quantitative estimate of drug-likeness (QED) is 0.0788. The lowest BCUT2D eigenvalue weighted by molar-refractivity contribution is -0.384. The van der Waals surface area contributed by atoms with Crippen molar-refractivity contribution in [3.8, 4) is 11.4 Å². The summed E-state index contributed by atoms with van der Waals surface area (Å²) in [6.45, 7) is 12.1. The van der Waals surface area contributed by atoms with Crippen LogP contribution in [0.25, 0.3) is 33.3 Å². The van der Waals surface area contributed by atoms with Crippen molar-refractivity contribution in [2.24, 2.45) is 12.5 Å². The molecule has 2 fully saturated rings. The highest BCUT2D eigenvalue weighted by molar-refractivity contribution is 7.90. The van der Waals surface area contributed by atoms with Gasteiger partial charge in [0.1, 0.15) is 12.3 Å². The molecular formula is C50H57ClN10O8S. The van der Waals surface area contributed by atoms with Gasteiger partial charge in [-0.1, -0.05) is 43.2 Å². The van der Waals surface area contributed by atoms with E-state index in [4.69, 9.17) is 16.3 Å².